The lowest BCUT2D eigenvalue weighted by molar-refractivity contribution is 0.249. The number of rotatable bonds is 5. The van der Waals surface area contributed by atoms with Crippen LogP contribution in [0.25, 0.3) is 0 Å². The van der Waals surface area contributed by atoms with E-state index in [4.69, 9.17) is 0 Å². The van der Waals surface area contributed by atoms with Gasteiger partial charge in [0.25, 0.3) is 0 Å². The fourth-order valence-corrected chi connectivity index (χ4v) is 3.27. The van der Waals surface area contributed by atoms with Crippen molar-refractivity contribution < 1.29 is 8.78 Å². The second-order valence-corrected chi connectivity index (χ2v) is 6.74. The van der Waals surface area contributed by atoms with E-state index in [0.29, 0.717) is 11.6 Å². The molecule has 4 rings (SSSR count). The third-order valence-corrected chi connectivity index (χ3v) is 4.76. The number of anilines is 3. The van der Waals surface area contributed by atoms with E-state index < -0.39 is 11.6 Å². The molecule has 1 N–H and O–H groups in total. The van der Waals surface area contributed by atoms with Crippen LogP contribution >= 0.6 is 0 Å². The molecule has 0 radical (unpaired) electrons. The number of hydrogen-bond donors (Lipinski definition) is 1. The molecule has 0 amide bonds. The summed E-state index contributed by atoms with van der Waals surface area (Å²) in [6, 6.07) is 15.9. The van der Waals surface area contributed by atoms with Gasteiger partial charge in [0, 0.05) is 50.7 Å². The van der Waals surface area contributed by atoms with Crippen molar-refractivity contribution in [2.75, 3.05) is 36.4 Å². The Morgan fingerprint density at radius 3 is 2.43 bits per heavy atom. The lowest BCUT2D eigenvalue weighted by Gasteiger charge is -2.35. The van der Waals surface area contributed by atoms with Gasteiger partial charge in [-0.25, -0.2) is 13.8 Å². The Kier molecular flexibility index (Phi) is 5.43. The predicted octanol–water partition coefficient (Wildman–Crippen LogP) is 3.82. The van der Waals surface area contributed by atoms with Gasteiger partial charge in [-0.3, -0.25) is 4.90 Å². The first-order valence-electron chi connectivity index (χ1n) is 9.24. The molecule has 1 aliphatic heterocycles. The number of piperazine rings is 1. The predicted molar refractivity (Wildman–Crippen MR) is 106 cm³/mol. The summed E-state index contributed by atoms with van der Waals surface area (Å²) in [5.74, 6) is -0.612. The molecule has 0 spiro atoms. The minimum atomic E-state index is -0.907. The van der Waals surface area contributed by atoms with Crippen molar-refractivity contribution in [1.29, 1.82) is 0 Å². The Morgan fingerprint density at radius 1 is 0.893 bits per heavy atom. The van der Waals surface area contributed by atoms with Crippen molar-refractivity contribution in [1.82, 2.24) is 14.9 Å². The van der Waals surface area contributed by atoms with Crippen LogP contribution in [0.15, 0.2) is 60.8 Å². The van der Waals surface area contributed by atoms with Crippen molar-refractivity contribution in [3.63, 3.8) is 0 Å². The normalized spacial score (nSPS) is 14.9. The zero-order valence-corrected chi connectivity index (χ0v) is 15.4. The Morgan fingerprint density at radius 2 is 1.68 bits per heavy atom. The molecule has 1 saturated heterocycles. The van der Waals surface area contributed by atoms with Crippen LogP contribution in [0.5, 0.6) is 0 Å². The largest absolute Gasteiger partial charge is 0.354 e. The number of nitrogens with zero attached hydrogens (tertiary/aromatic N) is 4. The highest BCUT2D eigenvalue weighted by atomic mass is 19.2. The third kappa shape index (κ3) is 4.43. The van der Waals surface area contributed by atoms with Crippen LogP contribution in [0.2, 0.25) is 0 Å². The van der Waals surface area contributed by atoms with E-state index in [1.807, 2.05) is 12.1 Å². The summed E-state index contributed by atoms with van der Waals surface area (Å²) in [7, 11) is 0. The van der Waals surface area contributed by atoms with E-state index >= 15 is 0 Å². The number of aromatic nitrogens is 2. The summed E-state index contributed by atoms with van der Waals surface area (Å²) < 4.78 is 26.4. The summed E-state index contributed by atoms with van der Waals surface area (Å²) in [6.07, 6.45) is 1.67. The van der Waals surface area contributed by atoms with Gasteiger partial charge in [-0.05, 0) is 23.8 Å². The van der Waals surface area contributed by atoms with Crippen LogP contribution in [-0.4, -0.2) is 41.0 Å². The fourth-order valence-electron chi connectivity index (χ4n) is 3.27. The standard InChI is InChI=1S/C21H21F2N5/c22-18-7-6-17(14-19(18)23)25-21-24-9-8-20(26-21)28-12-10-27(11-13-28)15-16-4-2-1-3-5-16/h1-9,14H,10-13,15H2,(H,24,25,26). The van der Waals surface area contributed by atoms with Crippen LogP contribution < -0.4 is 10.2 Å². The fraction of sp³-hybridized carbons (Fsp3) is 0.238. The highest BCUT2D eigenvalue weighted by Crippen LogP contribution is 2.20. The van der Waals surface area contributed by atoms with Gasteiger partial charge in [-0.1, -0.05) is 30.3 Å². The molecule has 0 unspecified atom stereocenters. The molecule has 0 aliphatic carbocycles. The molecule has 7 heteroatoms. The lowest BCUT2D eigenvalue weighted by atomic mass is 10.2. The highest BCUT2D eigenvalue weighted by molar-refractivity contribution is 5.55. The molecule has 0 saturated carbocycles. The first kappa shape index (κ1) is 18.3. The van der Waals surface area contributed by atoms with Gasteiger partial charge in [0.15, 0.2) is 11.6 Å². The molecule has 2 aromatic carbocycles. The number of nitrogens with one attached hydrogen (secondary N) is 1. The molecule has 1 fully saturated rings. The average molecular weight is 381 g/mol. The summed E-state index contributed by atoms with van der Waals surface area (Å²) in [5.41, 5.74) is 1.72. The van der Waals surface area contributed by atoms with Crippen molar-refractivity contribution in [3.05, 3.63) is 78.0 Å². The van der Waals surface area contributed by atoms with Gasteiger partial charge in [-0.2, -0.15) is 4.98 Å². The molecule has 1 aliphatic rings. The van der Waals surface area contributed by atoms with Crippen molar-refractivity contribution in [3.8, 4) is 0 Å². The van der Waals surface area contributed by atoms with E-state index in [2.05, 4.69) is 49.4 Å². The quantitative estimate of drug-likeness (QED) is 0.728. The minimum Gasteiger partial charge on any atom is -0.354 e. The van der Waals surface area contributed by atoms with Crippen LogP contribution in [0.3, 0.4) is 0 Å². The zero-order valence-electron chi connectivity index (χ0n) is 15.4. The van der Waals surface area contributed by atoms with E-state index in [1.165, 1.54) is 11.6 Å². The Hall–Kier alpha value is -3.06. The molecule has 28 heavy (non-hydrogen) atoms. The average Bonchev–Trinajstić information content (AvgIpc) is 2.72. The topological polar surface area (TPSA) is 44.3 Å². The van der Waals surface area contributed by atoms with Crippen molar-refractivity contribution >= 4 is 17.5 Å². The minimum absolute atomic E-state index is 0.357. The van der Waals surface area contributed by atoms with E-state index in [0.717, 1.165) is 50.7 Å². The van der Waals surface area contributed by atoms with Crippen LogP contribution in [-0.2, 0) is 6.54 Å². The highest BCUT2D eigenvalue weighted by Gasteiger charge is 2.18. The molecular weight excluding hydrogens is 360 g/mol. The summed E-state index contributed by atoms with van der Waals surface area (Å²) >= 11 is 0. The number of hydrogen-bond acceptors (Lipinski definition) is 5. The van der Waals surface area contributed by atoms with E-state index in [1.54, 1.807) is 6.20 Å². The second-order valence-electron chi connectivity index (χ2n) is 6.74. The Balaban J connectivity index is 1.37. The SMILES string of the molecule is Fc1ccc(Nc2nccc(N3CCN(Cc4ccccc4)CC3)n2)cc1F. The maximum Gasteiger partial charge on any atom is 0.229 e. The van der Waals surface area contributed by atoms with E-state index in [-0.39, 0.29) is 0 Å². The molecule has 1 aromatic heterocycles. The number of halogens is 2. The van der Waals surface area contributed by atoms with E-state index in [9.17, 15) is 8.78 Å². The van der Waals surface area contributed by atoms with Gasteiger partial charge in [0.2, 0.25) is 5.95 Å². The van der Waals surface area contributed by atoms with Crippen LogP contribution in [0.4, 0.5) is 26.2 Å². The smallest absolute Gasteiger partial charge is 0.229 e. The molecule has 0 atom stereocenters. The molecule has 3 aromatic rings. The summed E-state index contributed by atoms with van der Waals surface area (Å²) in [5, 5.41) is 2.93. The van der Waals surface area contributed by atoms with Gasteiger partial charge >= 0.3 is 0 Å². The van der Waals surface area contributed by atoms with Crippen LogP contribution in [0, 0.1) is 11.6 Å². The molecule has 0 bridgehead atoms. The zero-order chi connectivity index (χ0) is 19.3. The van der Waals surface area contributed by atoms with Crippen LogP contribution in [0.1, 0.15) is 5.56 Å². The third-order valence-electron chi connectivity index (χ3n) is 4.76. The Bertz CT molecular complexity index is 927. The van der Waals surface area contributed by atoms with Gasteiger partial charge < -0.3 is 10.2 Å². The maximum absolute atomic E-state index is 13.4. The second kappa shape index (κ2) is 8.31. The molecular formula is C21H21F2N5. The molecule has 2 heterocycles. The molecule has 5 nitrogen and oxygen atoms in total. The van der Waals surface area contributed by atoms with Gasteiger partial charge in [0.1, 0.15) is 5.82 Å². The van der Waals surface area contributed by atoms with Gasteiger partial charge in [-0.15, -0.1) is 0 Å². The maximum atomic E-state index is 13.4. The molecule has 144 valence electrons. The van der Waals surface area contributed by atoms with Crippen molar-refractivity contribution in [2.45, 2.75) is 6.54 Å². The first-order valence-corrected chi connectivity index (χ1v) is 9.24. The number of benzene rings is 2. The summed E-state index contributed by atoms with van der Waals surface area (Å²) in [4.78, 5) is 13.3. The van der Waals surface area contributed by atoms with Crippen molar-refractivity contribution in [2.24, 2.45) is 0 Å². The Labute approximate surface area is 162 Å². The van der Waals surface area contributed by atoms with Gasteiger partial charge in [0.05, 0.1) is 0 Å². The summed E-state index contributed by atoms with van der Waals surface area (Å²) in [6.45, 7) is 4.58. The monoisotopic (exact) mass is 381 g/mol. The first-order chi connectivity index (χ1) is 13.7. The lowest BCUT2D eigenvalue weighted by Crippen LogP contribution is -2.46.